The molecule has 1 fully saturated rings. The highest BCUT2D eigenvalue weighted by atomic mass is 16.4. The van der Waals surface area contributed by atoms with Gasteiger partial charge in [0, 0.05) is 18.7 Å². The molecule has 30 heavy (non-hydrogen) atoms. The van der Waals surface area contributed by atoms with E-state index in [1.165, 1.54) is 4.90 Å². The number of carboxylic acid groups (broad SMARTS) is 2. The molecule has 2 aliphatic heterocycles. The highest BCUT2D eigenvalue weighted by molar-refractivity contribution is 6.01. The fourth-order valence-electron chi connectivity index (χ4n) is 3.89. The Morgan fingerprint density at radius 1 is 0.867 bits per heavy atom. The van der Waals surface area contributed by atoms with Crippen LogP contribution in [0.15, 0.2) is 42.5 Å². The molecule has 0 aliphatic carbocycles. The summed E-state index contributed by atoms with van der Waals surface area (Å²) in [6.07, 6.45) is -2.75. The molecule has 3 amide bonds. The predicted octanol–water partition coefficient (Wildman–Crippen LogP) is 2.54. The van der Waals surface area contributed by atoms with Crippen molar-refractivity contribution >= 4 is 29.5 Å². The van der Waals surface area contributed by atoms with Crippen molar-refractivity contribution in [2.24, 2.45) is 0 Å². The third kappa shape index (κ3) is 3.33. The Balaban J connectivity index is 1.66. The van der Waals surface area contributed by atoms with Gasteiger partial charge in [-0.1, -0.05) is 18.2 Å². The first-order valence-corrected chi connectivity index (χ1v) is 9.50. The number of hydrogen-bond acceptors (Lipinski definition) is 4. The van der Waals surface area contributed by atoms with Crippen molar-refractivity contribution in [2.45, 2.75) is 19.1 Å². The van der Waals surface area contributed by atoms with Crippen molar-refractivity contribution in [1.82, 2.24) is 4.90 Å². The normalized spacial score (nSPS) is 18.6. The molecule has 0 aromatic heterocycles. The molecular formula is C21H21N3O6. The number of carbonyl (C=O) groups excluding carboxylic acids is 1. The van der Waals surface area contributed by atoms with E-state index >= 15 is 0 Å². The van der Waals surface area contributed by atoms with Crippen LogP contribution in [0, 0.1) is 0 Å². The van der Waals surface area contributed by atoms with Gasteiger partial charge in [0.05, 0.1) is 30.1 Å². The number of β-amino-alcohol motifs (C(OH)–C–C–N with tert-alkyl or cyclic N) is 1. The lowest BCUT2D eigenvalue weighted by molar-refractivity contribution is 0.00589. The number of rotatable bonds is 2. The third-order valence-corrected chi connectivity index (χ3v) is 5.46. The minimum absolute atomic E-state index is 0.0349. The Morgan fingerprint density at radius 2 is 1.50 bits per heavy atom. The van der Waals surface area contributed by atoms with Gasteiger partial charge in [-0.25, -0.2) is 9.59 Å². The Labute approximate surface area is 172 Å². The van der Waals surface area contributed by atoms with Crippen molar-refractivity contribution in [2.75, 3.05) is 29.4 Å². The van der Waals surface area contributed by atoms with Crippen LogP contribution in [-0.2, 0) is 0 Å². The van der Waals surface area contributed by atoms with Crippen LogP contribution in [0.1, 0.15) is 17.3 Å². The smallest absolute Gasteiger partial charge is 0.412 e. The second kappa shape index (κ2) is 7.34. The number of fused-ring (bicyclic) bond motifs is 1. The Morgan fingerprint density at radius 3 is 2.07 bits per heavy atom. The van der Waals surface area contributed by atoms with Crippen molar-refractivity contribution in [3.8, 4) is 11.1 Å². The minimum Gasteiger partial charge on any atom is -0.465 e. The molecule has 0 spiro atoms. The highest BCUT2D eigenvalue weighted by Gasteiger charge is 2.35. The molecule has 1 atom stereocenters. The van der Waals surface area contributed by atoms with E-state index in [9.17, 15) is 29.7 Å². The first kappa shape index (κ1) is 19.7. The summed E-state index contributed by atoms with van der Waals surface area (Å²) in [5, 5.41) is 28.5. The van der Waals surface area contributed by atoms with Gasteiger partial charge in [0.25, 0.3) is 5.91 Å². The fourth-order valence-corrected chi connectivity index (χ4v) is 3.89. The van der Waals surface area contributed by atoms with E-state index in [1.54, 1.807) is 54.3 Å². The van der Waals surface area contributed by atoms with Gasteiger partial charge in [-0.2, -0.15) is 0 Å². The number of amides is 3. The molecule has 9 nitrogen and oxygen atoms in total. The topological polar surface area (TPSA) is 122 Å². The van der Waals surface area contributed by atoms with E-state index in [1.807, 2.05) is 0 Å². The maximum Gasteiger partial charge on any atom is 0.412 e. The lowest BCUT2D eigenvalue weighted by Crippen LogP contribution is -2.53. The molecule has 4 rings (SSSR count). The summed E-state index contributed by atoms with van der Waals surface area (Å²) < 4.78 is 0. The zero-order valence-electron chi connectivity index (χ0n) is 16.2. The molecule has 3 N–H and O–H groups in total. The van der Waals surface area contributed by atoms with Crippen LogP contribution >= 0.6 is 0 Å². The highest BCUT2D eigenvalue weighted by Crippen LogP contribution is 2.39. The Kier molecular flexibility index (Phi) is 4.83. The van der Waals surface area contributed by atoms with Gasteiger partial charge >= 0.3 is 12.2 Å². The van der Waals surface area contributed by atoms with Gasteiger partial charge in [-0.05, 0) is 42.3 Å². The maximum atomic E-state index is 12.3. The first-order chi connectivity index (χ1) is 14.3. The minimum atomic E-state index is -1.15. The van der Waals surface area contributed by atoms with Crippen molar-refractivity contribution < 1.29 is 29.7 Å². The lowest BCUT2D eigenvalue weighted by Gasteiger charge is -2.38. The van der Waals surface area contributed by atoms with Crippen LogP contribution in [0.4, 0.5) is 21.0 Å². The fraction of sp³-hybridized carbons (Fsp3) is 0.286. The summed E-state index contributed by atoms with van der Waals surface area (Å²) in [5.74, 6) is -0.152. The van der Waals surface area contributed by atoms with E-state index in [-0.39, 0.29) is 12.5 Å². The zero-order valence-corrected chi connectivity index (χ0v) is 16.2. The number of aliphatic hydroxyl groups excluding tert-OH is 1. The van der Waals surface area contributed by atoms with E-state index in [0.717, 1.165) is 10.5 Å². The number of anilines is 2. The largest absolute Gasteiger partial charge is 0.465 e. The van der Waals surface area contributed by atoms with Crippen LogP contribution in [0.25, 0.3) is 11.1 Å². The van der Waals surface area contributed by atoms with E-state index in [4.69, 9.17) is 0 Å². The summed E-state index contributed by atoms with van der Waals surface area (Å²) in [7, 11) is 0. The summed E-state index contributed by atoms with van der Waals surface area (Å²) in [6.45, 7) is 2.35. The third-order valence-electron chi connectivity index (χ3n) is 5.46. The quantitative estimate of drug-likeness (QED) is 0.698. The van der Waals surface area contributed by atoms with E-state index in [0.29, 0.717) is 35.6 Å². The van der Waals surface area contributed by atoms with Crippen molar-refractivity contribution in [3.05, 3.63) is 48.0 Å². The zero-order chi connectivity index (χ0) is 21.6. The van der Waals surface area contributed by atoms with Gasteiger partial charge in [0.2, 0.25) is 0 Å². The second-order valence-corrected chi connectivity index (χ2v) is 7.54. The van der Waals surface area contributed by atoms with Crippen LogP contribution in [0.5, 0.6) is 0 Å². The molecular weight excluding hydrogens is 390 g/mol. The molecule has 0 unspecified atom stereocenters. The van der Waals surface area contributed by atoms with Crippen LogP contribution in [-0.4, -0.2) is 70.1 Å². The molecule has 2 aliphatic rings. The average Bonchev–Trinajstić information content (AvgIpc) is 2.69. The molecule has 0 bridgehead atoms. The summed E-state index contributed by atoms with van der Waals surface area (Å²) >= 11 is 0. The number of carbonyl (C=O) groups is 3. The van der Waals surface area contributed by atoms with E-state index < -0.39 is 24.3 Å². The molecule has 0 saturated carbocycles. The lowest BCUT2D eigenvalue weighted by atomic mass is 9.99. The van der Waals surface area contributed by atoms with Crippen molar-refractivity contribution in [1.29, 1.82) is 0 Å². The summed E-state index contributed by atoms with van der Waals surface area (Å²) in [5.41, 5.74) is 2.59. The predicted molar refractivity (Wildman–Crippen MR) is 109 cm³/mol. The molecule has 156 valence electrons. The van der Waals surface area contributed by atoms with Crippen LogP contribution in [0.3, 0.4) is 0 Å². The number of nitrogens with zero attached hydrogens (tertiary/aromatic N) is 3. The standard InChI is InChI=1S/C21H21N3O6/c1-12-9-23(20(27)28)18-8-15(6-7-17(18)24(12)21(29)30)13-2-4-14(5-3-13)19(26)22-10-16(25)11-22/h2-8,12,16,25H,9-11H2,1H3,(H,27,28)(H,29,30)/t12-/m0/s1. The monoisotopic (exact) mass is 411 g/mol. The number of aliphatic hydroxyl groups is 1. The molecule has 2 aromatic carbocycles. The maximum absolute atomic E-state index is 12.3. The second-order valence-electron chi connectivity index (χ2n) is 7.54. The Bertz CT molecular complexity index is 1020. The number of benzene rings is 2. The van der Waals surface area contributed by atoms with Crippen LogP contribution < -0.4 is 9.80 Å². The summed E-state index contributed by atoms with van der Waals surface area (Å²) in [6, 6.07) is 11.4. The summed E-state index contributed by atoms with van der Waals surface area (Å²) in [4.78, 5) is 39.6. The SMILES string of the molecule is C[C@H]1CN(C(=O)O)c2cc(-c3ccc(C(=O)N4CC(O)C4)cc3)ccc2N1C(=O)O. The molecule has 1 saturated heterocycles. The molecule has 9 heteroatoms. The molecule has 2 aromatic rings. The van der Waals surface area contributed by atoms with Gasteiger partial charge in [0.1, 0.15) is 0 Å². The van der Waals surface area contributed by atoms with Gasteiger partial charge in [-0.15, -0.1) is 0 Å². The van der Waals surface area contributed by atoms with Crippen molar-refractivity contribution in [3.63, 3.8) is 0 Å². The number of likely N-dealkylation sites (tertiary alicyclic amines) is 1. The van der Waals surface area contributed by atoms with Gasteiger partial charge in [0.15, 0.2) is 0 Å². The van der Waals surface area contributed by atoms with Crippen LogP contribution in [0.2, 0.25) is 0 Å². The van der Waals surface area contributed by atoms with Gasteiger partial charge < -0.3 is 20.2 Å². The average molecular weight is 411 g/mol. The number of hydrogen-bond donors (Lipinski definition) is 3. The molecule has 2 heterocycles. The van der Waals surface area contributed by atoms with E-state index in [2.05, 4.69) is 0 Å². The van der Waals surface area contributed by atoms with Gasteiger partial charge in [-0.3, -0.25) is 14.6 Å². The molecule has 0 radical (unpaired) electrons. The first-order valence-electron chi connectivity index (χ1n) is 9.50. The Hall–Kier alpha value is -3.59.